The van der Waals surface area contributed by atoms with Crippen molar-refractivity contribution in [1.29, 1.82) is 0 Å². The van der Waals surface area contributed by atoms with Gasteiger partial charge in [0.25, 0.3) is 0 Å². The number of carbonyl (C=O) groups is 2. The normalized spacial score (nSPS) is 10.6. The summed E-state index contributed by atoms with van der Waals surface area (Å²) in [6.45, 7) is 4.70. The highest BCUT2D eigenvalue weighted by Crippen LogP contribution is 2.12. The van der Waals surface area contributed by atoms with Crippen molar-refractivity contribution >= 4 is 11.9 Å². The monoisotopic (exact) mass is 341 g/mol. The number of unbranched alkanes of at least 4 members (excludes halogenated alkanes) is 10. The van der Waals surface area contributed by atoms with Gasteiger partial charge in [-0.05, 0) is 12.8 Å². The molecule has 0 bridgehead atoms. The highest BCUT2D eigenvalue weighted by Gasteiger charge is 2.13. The summed E-state index contributed by atoms with van der Waals surface area (Å²) in [6, 6.07) is 0. The van der Waals surface area contributed by atoms with Gasteiger partial charge < -0.3 is 9.64 Å². The molecule has 0 saturated carbocycles. The third-order valence-electron chi connectivity index (χ3n) is 4.25. The second-order valence-electron chi connectivity index (χ2n) is 6.76. The molecular weight excluding hydrogens is 302 g/mol. The Kier molecular flexibility index (Phi) is 16.0. The van der Waals surface area contributed by atoms with Crippen molar-refractivity contribution in [3.05, 3.63) is 0 Å². The van der Waals surface area contributed by atoms with Crippen LogP contribution < -0.4 is 0 Å². The number of rotatable bonds is 16. The first-order valence-electron chi connectivity index (χ1n) is 10.0. The number of hydrogen-bond acceptors (Lipinski definition) is 3. The van der Waals surface area contributed by atoms with Gasteiger partial charge in [-0.3, -0.25) is 9.59 Å². The minimum Gasteiger partial charge on any atom is -0.464 e. The Morgan fingerprint density at radius 2 is 1.25 bits per heavy atom. The minimum absolute atomic E-state index is 0.0411. The molecule has 0 heterocycles. The van der Waals surface area contributed by atoms with E-state index in [2.05, 4.69) is 6.92 Å². The van der Waals surface area contributed by atoms with Crippen molar-refractivity contribution in [3.63, 3.8) is 0 Å². The van der Waals surface area contributed by atoms with Crippen molar-refractivity contribution in [1.82, 2.24) is 4.90 Å². The van der Waals surface area contributed by atoms with Crippen molar-refractivity contribution in [2.45, 2.75) is 97.3 Å². The Labute approximate surface area is 149 Å². The van der Waals surface area contributed by atoms with Crippen LogP contribution in [0.15, 0.2) is 0 Å². The van der Waals surface area contributed by atoms with Crippen LogP contribution in [0, 0.1) is 0 Å². The average Bonchev–Trinajstić information content (AvgIpc) is 2.57. The van der Waals surface area contributed by atoms with E-state index in [-0.39, 0.29) is 18.4 Å². The summed E-state index contributed by atoms with van der Waals surface area (Å²) in [5, 5.41) is 0. The second-order valence-corrected chi connectivity index (χ2v) is 6.76. The molecule has 0 aliphatic heterocycles. The molecular formula is C20H39NO3. The van der Waals surface area contributed by atoms with Crippen molar-refractivity contribution in [2.75, 3.05) is 20.2 Å². The molecule has 0 saturated heterocycles. The fourth-order valence-corrected chi connectivity index (χ4v) is 2.67. The topological polar surface area (TPSA) is 46.6 Å². The van der Waals surface area contributed by atoms with Crippen LogP contribution in [0.3, 0.4) is 0 Å². The molecule has 0 aliphatic carbocycles. The number of carbonyl (C=O) groups excluding carboxylic acids is 2. The lowest BCUT2D eigenvalue weighted by Crippen LogP contribution is -2.32. The highest BCUT2D eigenvalue weighted by atomic mass is 16.5. The zero-order valence-corrected chi connectivity index (χ0v) is 16.3. The molecule has 0 aromatic carbocycles. The highest BCUT2D eigenvalue weighted by molar-refractivity contribution is 5.81. The fourth-order valence-electron chi connectivity index (χ4n) is 2.67. The Morgan fingerprint density at radius 1 is 0.750 bits per heavy atom. The van der Waals surface area contributed by atoms with E-state index in [4.69, 9.17) is 4.74 Å². The largest absolute Gasteiger partial charge is 0.464 e. The van der Waals surface area contributed by atoms with Crippen LogP contribution in [0.4, 0.5) is 0 Å². The van der Waals surface area contributed by atoms with Crippen molar-refractivity contribution in [3.8, 4) is 0 Å². The van der Waals surface area contributed by atoms with E-state index < -0.39 is 0 Å². The molecule has 4 heteroatoms. The first-order chi connectivity index (χ1) is 11.6. The van der Waals surface area contributed by atoms with Gasteiger partial charge in [-0.1, -0.05) is 78.1 Å². The third kappa shape index (κ3) is 14.5. The molecule has 1 amide bonds. The third-order valence-corrected chi connectivity index (χ3v) is 4.25. The molecule has 0 aromatic heterocycles. The molecule has 0 aliphatic rings. The lowest BCUT2D eigenvalue weighted by Gasteiger charge is -2.16. The summed E-state index contributed by atoms with van der Waals surface area (Å²) in [5.41, 5.74) is 0. The van der Waals surface area contributed by atoms with Gasteiger partial charge in [0.15, 0.2) is 0 Å². The van der Waals surface area contributed by atoms with E-state index in [0.717, 1.165) is 19.3 Å². The van der Waals surface area contributed by atoms with Crippen LogP contribution in [0.2, 0.25) is 0 Å². The minimum atomic E-state index is -0.313. The molecule has 0 radical (unpaired) electrons. The SMILES string of the molecule is CCCCCCCCCCCCCC(=O)N(C)CC(=O)OCCC. The Bertz CT molecular complexity index is 318. The second kappa shape index (κ2) is 16.8. The molecule has 0 aromatic rings. The smallest absolute Gasteiger partial charge is 0.325 e. The van der Waals surface area contributed by atoms with Crippen LogP contribution in [0.1, 0.15) is 97.3 Å². The zero-order valence-electron chi connectivity index (χ0n) is 16.3. The summed E-state index contributed by atoms with van der Waals surface area (Å²) in [7, 11) is 1.67. The van der Waals surface area contributed by atoms with Gasteiger partial charge in [0.1, 0.15) is 6.54 Å². The zero-order chi connectivity index (χ0) is 18.0. The van der Waals surface area contributed by atoms with Crippen molar-refractivity contribution < 1.29 is 14.3 Å². The molecule has 0 rings (SSSR count). The van der Waals surface area contributed by atoms with E-state index in [1.165, 1.54) is 62.7 Å². The summed E-state index contributed by atoms with van der Waals surface area (Å²) in [4.78, 5) is 24.9. The molecule has 142 valence electrons. The fraction of sp³-hybridized carbons (Fsp3) is 0.900. The van der Waals surface area contributed by atoms with Crippen LogP contribution in [0.5, 0.6) is 0 Å². The van der Waals surface area contributed by atoms with E-state index in [9.17, 15) is 9.59 Å². The Balaban J connectivity index is 3.43. The van der Waals surface area contributed by atoms with Gasteiger partial charge >= 0.3 is 5.97 Å². The first-order valence-corrected chi connectivity index (χ1v) is 10.0. The van der Waals surface area contributed by atoms with Crippen LogP contribution in [-0.2, 0) is 14.3 Å². The number of amides is 1. The summed E-state index contributed by atoms with van der Waals surface area (Å²) in [6.07, 6.45) is 15.4. The van der Waals surface area contributed by atoms with Gasteiger partial charge in [0.2, 0.25) is 5.91 Å². The average molecular weight is 342 g/mol. The van der Waals surface area contributed by atoms with E-state index in [1.807, 2.05) is 6.92 Å². The van der Waals surface area contributed by atoms with Crippen LogP contribution in [0.25, 0.3) is 0 Å². The molecule has 0 atom stereocenters. The van der Waals surface area contributed by atoms with Crippen molar-refractivity contribution in [2.24, 2.45) is 0 Å². The van der Waals surface area contributed by atoms with Gasteiger partial charge in [0.05, 0.1) is 6.61 Å². The molecule has 0 N–H and O–H groups in total. The molecule has 0 unspecified atom stereocenters. The van der Waals surface area contributed by atoms with E-state index >= 15 is 0 Å². The van der Waals surface area contributed by atoms with Crippen LogP contribution >= 0.6 is 0 Å². The van der Waals surface area contributed by atoms with Gasteiger partial charge in [-0.25, -0.2) is 0 Å². The number of hydrogen-bond donors (Lipinski definition) is 0. The summed E-state index contributed by atoms with van der Waals surface area (Å²) < 4.78 is 4.99. The standard InChI is InChI=1S/C20H39NO3/c1-4-6-7-8-9-10-11-12-13-14-15-16-19(22)21(3)18-20(23)24-17-5-2/h4-18H2,1-3H3. The lowest BCUT2D eigenvalue weighted by atomic mass is 10.1. The summed E-state index contributed by atoms with van der Waals surface area (Å²) >= 11 is 0. The number of nitrogens with zero attached hydrogens (tertiary/aromatic N) is 1. The lowest BCUT2D eigenvalue weighted by molar-refractivity contribution is -0.148. The molecule has 4 nitrogen and oxygen atoms in total. The predicted octanol–water partition coefficient (Wildman–Crippen LogP) is 5.10. The Hall–Kier alpha value is -1.06. The Morgan fingerprint density at radius 3 is 1.75 bits per heavy atom. The maximum Gasteiger partial charge on any atom is 0.325 e. The van der Waals surface area contributed by atoms with E-state index in [0.29, 0.717) is 13.0 Å². The predicted molar refractivity (Wildman–Crippen MR) is 100.0 cm³/mol. The number of ether oxygens (including phenoxy) is 1. The molecule has 24 heavy (non-hydrogen) atoms. The number of likely N-dealkylation sites (N-methyl/N-ethyl adjacent to an activating group) is 1. The van der Waals surface area contributed by atoms with E-state index in [1.54, 1.807) is 7.05 Å². The number of esters is 1. The maximum atomic E-state index is 11.9. The van der Waals surface area contributed by atoms with Crippen LogP contribution in [-0.4, -0.2) is 37.0 Å². The van der Waals surface area contributed by atoms with Gasteiger partial charge in [-0.2, -0.15) is 0 Å². The van der Waals surface area contributed by atoms with Gasteiger partial charge in [0, 0.05) is 13.5 Å². The molecule has 0 spiro atoms. The maximum absolute atomic E-state index is 11.9. The quantitative estimate of drug-likeness (QED) is 0.290. The first kappa shape index (κ1) is 22.9. The summed E-state index contributed by atoms with van der Waals surface area (Å²) in [5.74, 6) is -0.272. The molecule has 0 fully saturated rings. The van der Waals surface area contributed by atoms with Gasteiger partial charge in [-0.15, -0.1) is 0 Å².